The molecule has 0 fully saturated rings. The summed E-state index contributed by atoms with van der Waals surface area (Å²) in [5.41, 5.74) is 6.66. The molecule has 0 saturated heterocycles. The standard InChI is InChI=1S/C26H27BrN2O3/c1-3-19-5-7-20(8-6-19)16-26(30)29-28-17-22-11-14-24(25(15-22)31-4-2)32-18-21-9-12-23(27)13-10-21/h5-15,17H,3-4,16,18H2,1-2H3,(H,29,30)/b28-17+. The fourth-order valence-electron chi connectivity index (χ4n) is 3.03. The molecule has 166 valence electrons. The third-order valence-corrected chi connectivity index (χ3v) is 5.30. The van der Waals surface area contributed by atoms with Gasteiger partial charge in [0.1, 0.15) is 6.61 Å². The van der Waals surface area contributed by atoms with Crippen LogP contribution in [-0.4, -0.2) is 18.7 Å². The quantitative estimate of drug-likeness (QED) is 0.291. The van der Waals surface area contributed by atoms with Gasteiger partial charge in [0.15, 0.2) is 11.5 Å². The van der Waals surface area contributed by atoms with E-state index in [2.05, 4.69) is 33.4 Å². The van der Waals surface area contributed by atoms with Gasteiger partial charge in [0.05, 0.1) is 19.2 Å². The fraction of sp³-hybridized carbons (Fsp3) is 0.231. The van der Waals surface area contributed by atoms with Crippen molar-refractivity contribution < 1.29 is 14.3 Å². The Morgan fingerprint density at radius 1 is 0.906 bits per heavy atom. The summed E-state index contributed by atoms with van der Waals surface area (Å²) in [5, 5.41) is 4.08. The Bertz CT molecular complexity index is 1050. The van der Waals surface area contributed by atoms with Gasteiger partial charge < -0.3 is 9.47 Å². The number of rotatable bonds is 10. The Balaban J connectivity index is 1.57. The van der Waals surface area contributed by atoms with Crippen LogP contribution < -0.4 is 14.9 Å². The molecular weight excluding hydrogens is 468 g/mol. The van der Waals surface area contributed by atoms with Crippen molar-refractivity contribution in [3.8, 4) is 11.5 Å². The van der Waals surface area contributed by atoms with E-state index in [1.54, 1.807) is 6.21 Å². The van der Waals surface area contributed by atoms with Crippen LogP contribution in [-0.2, 0) is 24.2 Å². The monoisotopic (exact) mass is 494 g/mol. The highest BCUT2D eigenvalue weighted by molar-refractivity contribution is 9.10. The predicted molar refractivity (Wildman–Crippen MR) is 131 cm³/mol. The molecule has 5 nitrogen and oxygen atoms in total. The fourth-order valence-corrected chi connectivity index (χ4v) is 3.30. The van der Waals surface area contributed by atoms with Gasteiger partial charge in [-0.1, -0.05) is 59.3 Å². The van der Waals surface area contributed by atoms with Crippen molar-refractivity contribution in [2.24, 2.45) is 5.10 Å². The van der Waals surface area contributed by atoms with Crippen molar-refractivity contribution in [3.05, 3.63) is 93.5 Å². The molecule has 1 N–H and O–H groups in total. The molecule has 0 heterocycles. The number of hydrogen-bond acceptors (Lipinski definition) is 4. The molecule has 0 aliphatic carbocycles. The molecule has 0 spiro atoms. The Kier molecular flexibility index (Phi) is 8.87. The number of amides is 1. The molecule has 0 bridgehead atoms. The number of aryl methyl sites for hydroxylation is 1. The van der Waals surface area contributed by atoms with Crippen LogP contribution in [0.4, 0.5) is 0 Å². The SMILES string of the molecule is CCOc1cc(/C=N/NC(=O)Cc2ccc(CC)cc2)ccc1OCc1ccc(Br)cc1. The van der Waals surface area contributed by atoms with Gasteiger partial charge in [-0.25, -0.2) is 5.43 Å². The first-order valence-corrected chi connectivity index (χ1v) is 11.4. The molecule has 0 unspecified atom stereocenters. The molecule has 0 atom stereocenters. The normalized spacial score (nSPS) is 10.8. The molecule has 3 aromatic rings. The third kappa shape index (κ3) is 7.24. The number of ether oxygens (including phenoxy) is 2. The van der Waals surface area contributed by atoms with Crippen LogP contribution in [0.25, 0.3) is 0 Å². The number of halogens is 1. The first-order valence-electron chi connectivity index (χ1n) is 10.6. The number of carbonyl (C=O) groups excluding carboxylic acids is 1. The molecule has 0 saturated carbocycles. The maximum atomic E-state index is 12.1. The van der Waals surface area contributed by atoms with E-state index in [0.29, 0.717) is 24.7 Å². The Labute approximate surface area is 197 Å². The molecule has 0 aromatic heterocycles. The van der Waals surface area contributed by atoms with E-state index in [4.69, 9.17) is 9.47 Å². The van der Waals surface area contributed by atoms with Gasteiger partial charge in [-0.05, 0) is 65.9 Å². The smallest absolute Gasteiger partial charge is 0.244 e. The van der Waals surface area contributed by atoms with E-state index < -0.39 is 0 Å². The molecule has 6 heteroatoms. The number of hydrazone groups is 1. The van der Waals surface area contributed by atoms with E-state index in [1.807, 2.05) is 73.7 Å². The maximum absolute atomic E-state index is 12.1. The number of hydrogen-bond donors (Lipinski definition) is 1. The minimum absolute atomic E-state index is 0.162. The van der Waals surface area contributed by atoms with Crippen molar-refractivity contribution in [2.75, 3.05) is 6.61 Å². The van der Waals surface area contributed by atoms with Crippen LogP contribution in [0.3, 0.4) is 0 Å². The minimum atomic E-state index is -0.162. The van der Waals surface area contributed by atoms with E-state index in [0.717, 1.165) is 27.6 Å². The molecule has 0 aliphatic heterocycles. The summed E-state index contributed by atoms with van der Waals surface area (Å²) in [6, 6.07) is 21.6. The summed E-state index contributed by atoms with van der Waals surface area (Å²) in [6.45, 7) is 4.99. The van der Waals surface area contributed by atoms with Gasteiger partial charge in [-0.3, -0.25) is 4.79 Å². The zero-order chi connectivity index (χ0) is 22.8. The molecular formula is C26H27BrN2O3. The highest BCUT2D eigenvalue weighted by Gasteiger charge is 2.07. The summed E-state index contributed by atoms with van der Waals surface area (Å²) in [7, 11) is 0. The lowest BCUT2D eigenvalue weighted by Gasteiger charge is -2.12. The number of nitrogens with zero attached hydrogens (tertiary/aromatic N) is 1. The average molecular weight is 495 g/mol. The molecule has 3 rings (SSSR count). The van der Waals surface area contributed by atoms with Gasteiger partial charge in [0, 0.05) is 4.47 Å². The van der Waals surface area contributed by atoms with Crippen molar-refractivity contribution >= 4 is 28.1 Å². The molecule has 32 heavy (non-hydrogen) atoms. The third-order valence-electron chi connectivity index (χ3n) is 4.77. The lowest BCUT2D eigenvalue weighted by molar-refractivity contribution is -0.120. The molecule has 0 aliphatic rings. The van der Waals surface area contributed by atoms with Gasteiger partial charge in [0.25, 0.3) is 0 Å². The number of nitrogens with one attached hydrogen (secondary N) is 1. The van der Waals surface area contributed by atoms with Crippen LogP contribution in [0.5, 0.6) is 11.5 Å². The van der Waals surface area contributed by atoms with Gasteiger partial charge in [-0.2, -0.15) is 5.10 Å². The summed E-state index contributed by atoms with van der Waals surface area (Å²) < 4.78 is 12.7. The Morgan fingerprint density at radius 3 is 2.28 bits per heavy atom. The van der Waals surface area contributed by atoms with Crippen molar-refractivity contribution in [2.45, 2.75) is 33.3 Å². The molecule has 1 amide bonds. The predicted octanol–water partition coefficient (Wildman–Crippen LogP) is 5.68. The average Bonchev–Trinajstić information content (AvgIpc) is 2.80. The summed E-state index contributed by atoms with van der Waals surface area (Å²) in [4.78, 5) is 12.1. The van der Waals surface area contributed by atoms with E-state index in [-0.39, 0.29) is 12.3 Å². The largest absolute Gasteiger partial charge is 0.490 e. The molecule has 0 radical (unpaired) electrons. The topological polar surface area (TPSA) is 59.9 Å². The minimum Gasteiger partial charge on any atom is -0.490 e. The summed E-state index contributed by atoms with van der Waals surface area (Å²) >= 11 is 3.43. The lowest BCUT2D eigenvalue weighted by atomic mass is 10.1. The number of benzene rings is 3. The first-order chi connectivity index (χ1) is 15.6. The van der Waals surface area contributed by atoms with Crippen molar-refractivity contribution in [1.29, 1.82) is 0 Å². The Morgan fingerprint density at radius 2 is 1.59 bits per heavy atom. The van der Waals surface area contributed by atoms with E-state index in [1.165, 1.54) is 5.56 Å². The number of carbonyl (C=O) groups is 1. The van der Waals surface area contributed by atoms with Gasteiger partial charge >= 0.3 is 0 Å². The summed E-state index contributed by atoms with van der Waals surface area (Å²) in [5.74, 6) is 1.13. The lowest BCUT2D eigenvalue weighted by Crippen LogP contribution is -2.19. The van der Waals surface area contributed by atoms with E-state index in [9.17, 15) is 4.79 Å². The van der Waals surface area contributed by atoms with Crippen LogP contribution in [0.15, 0.2) is 76.3 Å². The second-order valence-electron chi connectivity index (χ2n) is 7.19. The van der Waals surface area contributed by atoms with E-state index >= 15 is 0 Å². The zero-order valence-electron chi connectivity index (χ0n) is 18.3. The van der Waals surface area contributed by atoms with Crippen molar-refractivity contribution in [3.63, 3.8) is 0 Å². The van der Waals surface area contributed by atoms with Gasteiger partial charge in [0.2, 0.25) is 5.91 Å². The second-order valence-corrected chi connectivity index (χ2v) is 8.11. The van der Waals surface area contributed by atoms with Crippen LogP contribution in [0.1, 0.15) is 36.1 Å². The zero-order valence-corrected chi connectivity index (χ0v) is 19.9. The van der Waals surface area contributed by atoms with Crippen LogP contribution in [0, 0.1) is 0 Å². The first kappa shape index (κ1) is 23.5. The maximum Gasteiger partial charge on any atom is 0.244 e. The second kappa shape index (κ2) is 12.1. The summed E-state index contributed by atoms with van der Waals surface area (Å²) in [6.07, 6.45) is 2.86. The molecule has 3 aromatic carbocycles. The van der Waals surface area contributed by atoms with Crippen molar-refractivity contribution in [1.82, 2.24) is 5.43 Å². The Hall–Kier alpha value is -3.12. The highest BCUT2D eigenvalue weighted by atomic mass is 79.9. The highest BCUT2D eigenvalue weighted by Crippen LogP contribution is 2.29. The van der Waals surface area contributed by atoms with Gasteiger partial charge in [-0.15, -0.1) is 0 Å². The van der Waals surface area contributed by atoms with Crippen LogP contribution >= 0.6 is 15.9 Å². The van der Waals surface area contributed by atoms with Crippen LogP contribution in [0.2, 0.25) is 0 Å².